The molecular formula is C28H23FN4O4. The smallest absolute Gasteiger partial charge is 0.271 e. The van der Waals surface area contributed by atoms with Crippen molar-refractivity contribution in [3.8, 4) is 28.9 Å². The van der Waals surface area contributed by atoms with Crippen molar-refractivity contribution in [2.75, 3.05) is 13.7 Å². The first-order valence-corrected chi connectivity index (χ1v) is 11.3. The molecule has 37 heavy (non-hydrogen) atoms. The van der Waals surface area contributed by atoms with Crippen LogP contribution in [-0.2, 0) is 11.3 Å². The molecule has 4 aromatic rings. The lowest BCUT2D eigenvalue weighted by atomic mass is 10.0. The lowest BCUT2D eigenvalue weighted by Gasteiger charge is -2.14. The molecule has 0 saturated carbocycles. The zero-order chi connectivity index (χ0) is 26.5. The highest BCUT2D eigenvalue weighted by atomic mass is 19.1. The number of methoxy groups -OCH3 is 1. The number of pyridine rings is 1. The van der Waals surface area contributed by atoms with Crippen LogP contribution in [0.3, 0.4) is 0 Å². The summed E-state index contributed by atoms with van der Waals surface area (Å²) < 4.78 is 21.1. The van der Waals surface area contributed by atoms with Crippen LogP contribution in [0.5, 0.6) is 5.88 Å². The number of hydrogen-bond acceptors (Lipinski definition) is 6. The van der Waals surface area contributed by atoms with Crippen LogP contribution < -0.4 is 5.56 Å². The number of ketones is 1. The van der Waals surface area contributed by atoms with E-state index in [1.807, 2.05) is 36.4 Å². The lowest BCUT2D eigenvalue weighted by Crippen LogP contribution is -2.27. The molecule has 0 radical (unpaired) electrons. The summed E-state index contributed by atoms with van der Waals surface area (Å²) in [5.74, 6) is -1.52. The molecule has 0 aliphatic carbocycles. The molecule has 1 N–H and O–H groups in total. The number of benzene rings is 2. The summed E-state index contributed by atoms with van der Waals surface area (Å²) in [6.45, 7) is 1.52. The maximum Gasteiger partial charge on any atom is 0.271 e. The minimum Gasteiger partial charge on any atom is -0.494 e. The number of para-hydroxylation sites is 1. The van der Waals surface area contributed by atoms with Crippen molar-refractivity contribution in [2.45, 2.75) is 13.5 Å². The van der Waals surface area contributed by atoms with Gasteiger partial charge >= 0.3 is 0 Å². The van der Waals surface area contributed by atoms with E-state index >= 15 is 0 Å². The third-order valence-electron chi connectivity index (χ3n) is 5.86. The maximum absolute atomic E-state index is 13.5. The van der Waals surface area contributed by atoms with Gasteiger partial charge in [0.25, 0.3) is 5.56 Å². The summed E-state index contributed by atoms with van der Waals surface area (Å²) in [5, 5.41) is 24.9. The highest BCUT2D eigenvalue weighted by molar-refractivity contribution is 6.09. The molecule has 0 amide bonds. The predicted molar refractivity (Wildman–Crippen MR) is 136 cm³/mol. The zero-order valence-corrected chi connectivity index (χ0v) is 20.2. The fourth-order valence-corrected chi connectivity index (χ4v) is 3.94. The highest BCUT2D eigenvalue weighted by Crippen LogP contribution is 2.27. The Morgan fingerprint density at radius 3 is 2.54 bits per heavy atom. The first-order chi connectivity index (χ1) is 17.8. The normalized spacial score (nSPS) is 11.1. The Balaban J connectivity index is 1.79. The van der Waals surface area contributed by atoms with E-state index in [0.717, 1.165) is 10.3 Å². The van der Waals surface area contributed by atoms with Crippen molar-refractivity contribution < 1.29 is 19.0 Å². The summed E-state index contributed by atoms with van der Waals surface area (Å²) >= 11 is 0. The Kier molecular flexibility index (Phi) is 7.41. The van der Waals surface area contributed by atoms with Gasteiger partial charge in [-0.05, 0) is 61.0 Å². The van der Waals surface area contributed by atoms with Gasteiger partial charge in [-0.25, -0.2) is 9.07 Å². The number of halogens is 1. The van der Waals surface area contributed by atoms with E-state index in [2.05, 4.69) is 5.10 Å². The van der Waals surface area contributed by atoms with Gasteiger partial charge in [0.1, 0.15) is 17.4 Å². The number of carbonyl (C=O) groups excluding carboxylic acids is 1. The first-order valence-electron chi connectivity index (χ1n) is 11.3. The van der Waals surface area contributed by atoms with Crippen LogP contribution in [-0.4, -0.2) is 39.0 Å². The van der Waals surface area contributed by atoms with Gasteiger partial charge in [-0.15, -0.1) is 0 Å². The van der Waals surface area contributed by atoms with E-state index < -0.39 is 17.2 Å². The number of nitriles is 1. The molecule has 2 heterocycles. The van der Waals surface area contributed by atoms with E-state index in [9.17, 15) is 24.3 Å². The van der Waals surface area contributed by atoms with Crippen molar-refractivity contribution in [1.82, 2.24) is 14.3 Å². The molecule has 0 aliphatic heterocycles. The molecule has 0 fully saturated rings. The molecule has 2 aromatic carbocycles. The van der Waals surface area contributed by atoms with E-state index in [-0.39, 0.29) is 35.7 Å². The third-order valence-corrected chi connectivity index (χ3v) is 5.86. The molecule has 0 aliphatic rings. The lowest BCUT2D eigenvalue weighted by molar-refractivity contribution is 0.104. The number of aromatic nitrogens is 3. The summed E-state index contributed by atoms with van der Waals surface area (Å²) in [6, 6.07) is 17.0. The fourth-order valence-electron chi connectivity index (χ4n) is 3.94. The molecule has 0 unspecified atom stereocenters. The fraction of sp³-hybridized carbons (Fsp3) is 0.143. The van der Waals surface area contributed by atoms with Gasteiger partial charge in [0.2, 0.25) is 5.88 Å². The summed E-state index contributed by atoms with van der Waals surface area (Å²) in [7, 11) is 1.44. The number of ether oxygens (including phenoxy) is 1. The van der Waals surface area contributed by atoms with Crippen LogP contribution in [0.15, 0.2) is 71.7 Å². The third kappa shape index (κ3) is 5.10. The van der Waals surface area contributed by atoms with Crippen molar-refractivity contribution in [3.63, 3.8) is 0 Å². The number of allylic oxidation sites excluding steroid dienone is 1. The standard InChI is InChI=1S/C28H23FN4O4/c1-18-23(16-30)27(35)32(14-15-37-2)28(36)25(18)24(34)13-10-20-17-33(22-6-4-3-5-7-22)31-26(20)19-8-11-21(29)12-9-19/h3-13,17,36H,14-15H2,1-2H3/b13-10+. The topological polar surface area (TPSA) is 110 Å². The van der Waals surface area contributed by atoms with Gasteiger partial charge < -0.3 is 9.84 Å². The second-order valence-corrected chi connectivity index (χ2v) is 8.18. The quantitative estimate of drug-likeness (QED) is 0.287. The minimum absolute atomic E-state index is 0.0291. The maximum atomic E-state index is 13.5. The summed E-state index contributed by atoms with van der Waals surface area (Å²) in [6.07, 6.45) is 4.50. The van der Waals surface area contributed by atoms with Crippen LogP contribution in [0.4, 0.5) is 4.39 Å². The molecule has 9 heteroatoms. The van der Waals surface area contributed by atoms with Gasteiger partial charge in [0.05, 0.1) is 30.1 Å². The average Bonchev–Trinajstić information content (AvgIpc) is 3.33. The Morgan fingerprint density at radius 1 is 1.19 bits per heavy atom. The average molecular weight is 499 g/mol. The van der Waals surface area contributed by atoms with E-state index in [1.54, 1.807) is 23.0 Å². The monoisotopic (exact) mass is 498 g/mol. The zero-order valence-electron chi connectivity index (χ0n) is 20.2. The Bertz CT molecular complexity index is 1580. The van der Waals surface area contributed by atoms with Crippen LogP contribution in [0, 0.1) is 24.1 Å². The Morgan fingerprint density at radius 2 is 1.89 bits per heavy atom. The highest BCUT2D eigenvalue weighted by Gasteiger charge is 2.23. The first kappa shape index (κ1) is 25.3. The number of aromatic hydroxyl groups is 1. The second kappa shape index (κ2) is 10.8. The van der Waals surface area contributed by atoms with E-state index in [1.165, 1.54) is 38.3 Å². The van der Waals surface area contributed by atoms with Gasteiger partial charge in [-0.1, -0.05) is 18.2 Å². The number of nitrogens with zero attached hydrogens (tertiary/aromatic N) is 4. The van der Waals surface area contributed by atoms with Crippen LogP contribution in [0.2, 0.25) is 0 Å². The van der Waals surface area contributed by atoms with Crippen molar-refractivity contribution in [3.05, 3.63) is 105 Å². The van der Waals surface area contributed by atoms with Gasteiger partial charge in [-0.2, -0.15) is 10.4 Å². The van der Waals surface area contributed by atoms with Crippen LogP contribution in [0.1, 0.15) is 27.0 Å². The Labute approximate surface area is 212 Å². The molecule has 0 atom stereocenters. The van der Waals surface area contributed by atoms with Crippen molar-refractivity contribution in [2.24, 2.45) is 0 Å². The van der Waals surface area contributed by atoms with Gasteiger partial charge in [0.15, 0.2) is 5.78 Å². The van der Waals surface area contributed by atoms with E-state index in [4.69, 9.17) is 4.74 Å². The largest absolute Gasteiger partial charge is 0.494 e. The molecule has 2 aromatic heterocycles. The summed E-state index contributed by atoms with van der Waals surface area (Å²) in [4.78, 5) is 25.9. The number of carbonyl (C=O) groups is 1. The molecule has 0 bridgehead atoms. The number of hydrogen-bond donors (Lipinski definition) is 1. The van der Waals surface area contributed by atoms with Gasteiger partial charge in [-0.3, -0.25) is 14.2 Å². The van der Waals surface area contributed by atoms with Gasteiger partial charge in [0, 0.05) is 24.4 Å². The second-order valence-electron chi connectivity index (χ2n) is 8.18. The SMILES string of the molecule is COCCn1c(O)c(C(=O)/C=C/c2cn(-c3ccccc3)nc2-c2ccc(F)cc2)c(C)c(C#N)c1=O. The minimum atomic E-state index is -0.696. The molecule has 4 rings (SSSR count). The predicted octanol–water partition coefficient (Wildman–Crippen LogP) is 4.27. The van der Waals surface area contributed by atoms with Crippen LogP contribution >= 0.6 is 0 Å². The molecule has 8 nitrogen and oxygen atoms in total. The number of rotatable bonds is 8. The van der Waals surface area contributed by atoms with E-state index in [0.29, 0.717) is 16.8 Å². The molecule has 0 spiro atoms. The van der Waals surface area contributed by atoms with Crippen molar-refractivity contribution >= 4 is 11.9 Å². The Hall–Kier alpha value is -4.81. The molecule has 186 valence electrons. The summed E-state index contributed by atoms with van der Waals surface area (Å²) in [5.41, 5.74) is 1.52. The van der Waals surface area contributed by atoms with Crippen molar-refractivity contribution in [1.29, 1.82) is 5.26 Å². The molecular weight excluding hydrogens is 475 g/mol. The van der Waals surface area contributed by atoms with Crippen LogP contribution in [0.25, 0.3) is 23.0 Å². The molecule has 0 saturated heterocycles.